The molecule has 0 radical (unpaired) electrons. The maximum atomic E-state index is 13.3. The molecule has 1 aliphatic carbocycles. The number of nitrogens with one attached hydrogen (secondary N) is 1. The van der Waals surface area contributed by atoms with E-state index in [1.54, 1.807) is 13.0 Å². The lowest BCUT2D eigenvalue weighted by Crippen LogP contribution is -2.15. The minimum atomic E-state index is -0.568. The van der Waals surface area contributed by atoms with E-state index in [-0.39, 0.29) is 5.82 Å². The molecule has 1 atom stereocenters. The Hall–Kier alpha value is -1.60. The Morgan fingerprint density at radius 3 is 2.94 bits per heavy atom. The van der Waals surface area contributed by atoms with E-state index < -0.39 is 6.10 Å². The van der Waals surface area contributed by atoms with E-state index >= 15 is 0 Å². The molecule has 1 fully saturated rings. The van der Waals surface area contributed by atoms with Gasteiger partial charge in [0, 0.05) is 18.7 Å². The largest absolute Gasteiger partial charge is 0.476 e. The highest BCUT2D eigenvalue weighted by Crippen LogP contribution is 2.21. The second-order valence-electron chi connectivity index (χ2n) is 4.34. The zero-order valence-electron chi connectivity index (χ0n) is 9.74. The van der Waals surface area contributed by atoms with Crippen molar-refractivity contribution in [1.29, 1.82) is 5.26 Å². The predicted octanol–water partition coefficient (Wildman–Crippen LogP) is 2.37. The Morgan fingerprint density at radius 1 is 1.53 bits per heavy atom. The second kappa shape index (κ2) is 5.15. The molecule has 1 aliphatic rings. The number of halogens is 1. The van der Waals surface area contributed by atoms with Gasteiger partial charge in [-0.05, 0) is 37.5 Å². The minimum absolute atomic E-state index is 0.333. The highest BCUT2D eigenvalue weighted by Gasteiger charge is 2.20. The summed E-state index contributed by atoms with van der Waals surface area (Å²) in [6.45, 7) is 2.27. The van der Waals surface area contributed by atoms with Gasteiger partial charge < -0.3 is 10.1 Å². The van der Waals surface area contributed by atoms with E-state index in [9.17, 15) is 4.39 Å². The molecule has 0 aliphatic heterocycles. The zero-order valence-corrected chi connectivity index (χ0v) is 9.74. The maximum Gasteiger partial charge on any atom is 0.181 e. The molecule has 0 saturated heterocycles. The average molecular weight is 234 g/mol. The first-order valence-electron chi connectivity index (χ1n) is 5.76. The lowest BCUT2D eigenvalue weighted by molar-refractivity contribution is 0.275. The van der Waals surface area contributed by atoms with Crippen LogP contribution in [0.5, 0.6) is 5.75 Å². The molecule has 0 heterocycles. The molecule has 1 aromatic carbocycles. The van der Waals surface area contributed by atoms with E-state index in [1.165, 1.54) is 25.0 Å². The first-order chi connectivity index (χ1) is 8.17. The third-order valence-electron chi connectivity index (χ3n) is 2.60. The van der Waals surface area contributed by atoms with Crippen LogP contribution in [0.3, 0.4) is 0 Å². The van der Waals surface area contributed by atoms with Gasteiger partial charge in [-0.1, -0.05) is 0 Å². The number of nitriles is 1. The Bertz CT molecular complexity index is 438. The van der Waals surface area contributed by atoms with E-state index in [4.69, 9.17) is 10.00 Å². The molecular weight excluding hydrogens is 219 g/mol. The number of nitrogens with zero attached hydrogens (tertiary/aromatic N) is 1. The van der Waals surface area contributed by atoms with Gasteiger partial charge in [-0.15, -0.1) is 0 Å². The van der Waals surface area contributed by atoms with Crippen LogP contribution < -0.4 is 10.1 Å². The molecule has 90 valence electrons. The fourth-order valence-electron chi connectivity index (χ4n) is 1.57. The third kappa shape index (κ3) is 3.72. The summed E-state index contributed by atoms with van der Waals surface area (Å²) in [7, 11) is 0. The quantitative estimate of drug-likeness (QED) is 0.850. The highest BCUT2D eigenvalue weighted by atomic mass is 19.1. The summed E-state index contributed by atoms with van der Waals surface area (Å²) in [4.78, 5) is 0. The lowest BCUT2D eigenvalue weighted by atomic mass is 10.2. The first-order valence-corrected chi connectivity index (χ1v) is 5.76. The molecule has 0 bridgehead atoms. The van der Waals surface area contributed by atoms with Crippen molar-refractivity contribution in [2.24, 2.45) is 0 Å². The van der Waals surface area contributed by atoms with Crippen LogP contribution >= 0.6 is 0 Å². The van der Waals surface area contributed by atoms with E-state index in [0.717, 1.165) is 5.56 Å². The zero-order chi connectivity index (χ0) is 12.3. The normalized spacial score (nSPS) is 16.3. The van der Waals surface area contributed by atoms with Crippen molar-refractivity contribution >= 4 is 0 Å². The van der Waals surface area contributed by atoms with Gasteiger partial charge in [0.1, 0.15) is 17.6 Å². The van der Waals surface area contributed by atoms with E-state index in [2.05, 4.69) is 5.32 Å². The van der Waals surface area contributed by atoms with Gasteiger partial charge in [0.05, 0.1) is 0 Å². The number of hydrogen-bond donors (Lipinski definition) is 1. The second-order valence-corrected chi connectivity index (χ2v) is 4.34. The fraction of sp³-hybridized carbons (Fsp3) is 0.462. The summed E-state index contributed by atoms with van der Waals surface area (Å²) in [5.74, 6) is 0.0758. The van der Waals surface area contributed by atoms with E-state index in [1.807, 2.05) is 6.07 Å². The molecule has 0 amide bonds. The summed E-state index contributed by atoms with van der Waals surface area (Å²) in [6.07, 6.45) is 1.83. The molecule has 3 nitrogen and oxygen atoms in total. The molecule has 0 aromatic heterocycles. The van der Waals surface area contributed by atoms with Gasteiger partial charge in [0.15, 0.2) is 6.10 Å². The molecule has 17 heavy (non-hydrogen) atoms. The molecule has 1 saturated carbocycles. The van der Waals surface area contributed by atoms with Crippen molar-refractivity contribution in [2.45, 2.75) is 38.5 Å². The number of hydrogen-bond acceptors (Lipinski definition) is 3. The van der Waals surface area contributed by atoms with Crippen LogP contribution in [0.15, 0.2) is 18.2 Å². The Morgan fingerprint density at radius 2 is 2.29 bits per heavy atom. The summed E-state index contributed by atoms with van der Waals surface area (Å²) >= 11 is 0. The smallest absolute Gasteiger partial charge is 0.181 e. The van der Waals surface area contributed by atoms with Crippen molar-refractivity contribution in [1.82, 2.24) is 5.32 Å². The summed E-state index contributed by atoms with van der Waals surface area (Å²) in [6, 6.07) is 7.09. The van der Waals surface area contributed by atoms with Gasteiger partial charge in [-0.2, -0.15) is 5.26 Å². The molecular formula is C13H15FN2O. The van der Waals surface area contributed by atoms with Crippen molar-refractivity contribution in [3.05, 3.63) is 29.6 Å². The van der Waals surface area contributed by atoms with Crippen molar-refractivity contribution in [2.75, 3.05) is 0 Å². The van der Waals surface area contributed by atoms with Crippen LogP contribution in [0.4, 0.5) is 4.39 Å². The summed E-state index contributed by atoms with van der Waals surface area (Å²) in [5.41, 5.74) is 0.844. The van der Waals surface area contributed by atoms with Crippen LogP contribution in [-0.2, 0) is 6.54 Å². The Balaban J connectivity index is 2.02. The monoisotopic (exact) mass is 234 g/mol. The minimum Gasteiger partial charge on any atom is -0.476 e. The summed E-state index contributed by atoms with van der Waals surface area (Å²) in [5, 5.41) is 11.9. The SMILES string of the molecule is CC(C#N)Oc1cc(F)cc(CNC2CC2)c1. The van der Waals surface area contributed by atoms with Crippen LogP contribution in [0.2, 0.25) is 0 Å². The van der Waals surface area contributed by atoms with Gasteiger partial charge in [0.25, 0.3) is 0 Å². The lowest BCUT2D eigenvalue weighted by Gasteiger charge is -2.10. The van der Waals surface area contributed by atoms with Crippen molar-refractivity contribution < 1.29 is 9.13 Å². The predicted molar refractivity (Wildman–Crippen MR) is 62.0 cm³/mol. The van der Waals surface area contributed by atoms with Crippen molar-refractivity contribution in [3.63, 3.8) is 0 Å². The number of benzene rings is 1. The van der Waals surface area contributed by atoms with Gasteiger partial charge in [-0.3, -0.25) is 0 Å². The first kappa shape index (κ1) is 11.9. The standard InChI is InChI=1S/C13H15FN2O/c1-9(7-15)17-13-5-10(4-11(14)6-13)8-16-12-2-3-12/h4-6,9,12,16H,2-3,8H2,1H3. The van der Waals surface area contributed by atoms with Gasteiger partial charge in [0.2, 0.25) is 0 Å². The van der Waals surface area contributed by atoms with E-state index in [0.29, 0.717) is 18.3 Å². The van der Waals surface area contributed by atoms with Crippen LogP contribution in [0.25, 0.3) is 0 Å². The van der Waals surface area contributed by atoms with Gasteiger partial charge in [-0.25, -0.2) is 4.39 Å². The topological polar surface area (TPSA) is 45.0 Å². The fourth-order valence-corrected chi connectivity index (χ4v) is 1.57. The molecule has 1 aromatic rings. The third-order valence-corrected chi connectivity index (χ3v) is 2.60. The van der Waals surface area contributed by atoms with Crippen LogP contribution in [0, 0.1) is 17.1 Å². The molecule has 1 N–H and O–H groups in total. The molecule has 2 rings (SSSR count). The highest BCUT2D eigenvalue weighted by molar-refractivity contribution is 5.30. The van der Waals surface area contributed by atoms with Crippen LogP contribution in [0.1, 0.15) is 25.3 Å². The molecule has 1 unspecified atom stereocenters. The summed E-state index contributed by atoms with van der Waals surface area (Å²) < 4.78 is 18.6. The van der Waals surface area contributed by atoms with Crippen LogP contribution in [-0.4, -0.2) is 12.1 Å². The molecule has 4 heteroatoms. The molecule has 0 spiro atoms. The van der Waals surface area contributed by atoms with Crippen molar-refractivity contribution in [3.8, 4) is 11.8 Å². The Kier molecular flexibility index (Phi) is 3.60. The Labute approximate surface area is 100 Å². The number of rotatable bonds is 5. The van der Waals surface area contributed by atoms with Gasteiger partial charge >= 0.3 is 0 Å². The maximum absolute atomic E-state index is 13.3. The average Bonchev–Trinajstić information content (AvgIpc) is 3.09. The number of ether oxygens (including phenoxy) is 1.